The van der Waals surface area contributed by atoms with E-state index in [4.69, 9.17) is 9.47 Å². The summed E-state index contributed by atoms with van der Waals surface area (Å²) >= 11 is 0. The fourth-order valence-electron chi connectivity index (χ4n) is 4.17. The van der Waals surface area contributed by atoms with Crippen LogP contribution < -0.4 is 0 Å². The van der Waals surface area contributed by atoms with Crippen LogP contribution >= 0.6 is 0 Å². The van der Waals surface area contributed by atoms with Gasteiger partial charge < -0.3 is 9.47 Å². The van der Waals surface area contributed by atoms with Crippen molar-refractivity contribution in [2.75, 3.05) is 13.2 Å². The summed E-state index contributed by atoms with van der Waals surface area (Å²) in [4.78, 5) is 51.8. The molecule has 0 bridgehead atoms. The molecule has 0 spiro atoms. The van der Waals surface area contributed by atoms with Crippen molar-refractivity contribution in [3.63, 3.8) is 0 Å². The molecule has 0 aliphatic carbocycles. The maximum Gasteiger partial charge on any atom is 0.416 e. The van der Waals surface area contributed by atoms with Crippen molar-refractivity contribution in [3.05, 3.63) is 83.9 Å². The van der Waals surface area contributed by atoms with Crippen LogP contribution in [0.2, 0.25) is 0 Å². The van der Waals surface area contributed by atoms with E-state index in [1.54, 1.807) is 12.2 Å². The van der Waals surface area contributed by atoms with Gasteiger partial charge in [-0.05, 0) is 24.0 Å². The Kier molecular flexibility index (Phi) is 7.37. The second-order valence-electron chi connectivity index (χ2n) is 8.25. The summed E-state index contributed by atoms with van der Waals surface area (Å²) in [5.74, 6) is -0.788. The molecule has 176 valence electrons. The Labute approximate surface area is 197 Å². The van der Waals surface area contributed by atoms with Gasteiger partial charge in [0.15, 0.2) is 0 Å². The molecule has 0 aromatic heterocycles. The lowest BCUT2D eigenvalue weighted by Gasteiger charge is -2.19. The molecule has 0 saturated carbocycles. The molecule has 2 aliphatic rings. The van der Waals surface area contributed by atoms with Gasteiger partial charge in [0.25, 0.3) is 0 Å². The summed E-state index contributed by atoms with van der Waals surface area (Å²) < 4.78 is 10.2. The molecule has 2 fully saturated rings. The Morgan fingerprint density at radius 1 is 0.706 bits per heavy atom. The van der Waals surface area contributed by atoms with E-state index in [1.807, 2.05) is 60.7 Å². The van der Waals surface area contributed by atoms with Crippen LogP contribution in [-0.2, 0) is 31.9 Å². The molecule has 0 N–H and O–H groups in total. The lowest BCUT2D eigenvalue weighted by Crippen LogP contribution is -2.40. The minimum absolute atomic E-state index is 0.0500. The van der Waals surface area contributed by atoms with Crippen molar-refractivity contribution in [2.45, 2.75) is 37.8 Å². The van der Waals surface area contributed by atoms with Gasteiger partial charge in [-0.2, -0.15) is 0 Å². The average Bonchev–Trinajstić information content (AvgIpc) is 3.39. The molecule has 8 nitrogen and oxygen atoms in total. The van der Waals surface area contributed by atoms with Crippen molar-refractivity contribution in [1.82, 2.24) is 9.80 Å². The van der Waals surface area contributed by atoms with Gasteiger partial charge in [-0.25, -0.2) is 19.4 Å². The van der Waals surface area contributed by atoms with Crippen LogP contribution in [0.5, 0.6) is 0 Å². The number of hydrogen-bond acceptors (Lipinski definition) is 6. The first-order valence-corrected chi connectivity index (χ1v) is 11.2. The second-order valence-corrected chi connectivity index (χ2v) is 8.25. The number of carbonyl (C=O) groups is 4. The first kappa shape index (κ1) is 23.2. The van der Waals surface area contributed by atoms with Gasteiger partial charge in [-0.15, -0.1) is 0 Å². The lowest BCUT2D eigenvalue weighted by atomic mass is 10.1. The van der Waals surface area contributed by atoms with Crippen molar-refractivity contribution in [2.24, 2.45) is 0 Å². The molecule has 0 radical (unpaired) electrons. The van der Waals surface area contributed by atoms with Crippen molar-refractivity contribution < 1.29 is 28.7 Å². The normalized spacial score (nSPS) is 20.0. The van der Waals surface area contributed by atoms with E-state index in [1.165, 1.54) is 0 Å². The smallest absolute Gasteiger partial charge is 0.416 e. The molecule has 2 saturated heterocycles. The summed E-state index contributed by atoms with van der Waals surface area (Å²) in [6.45, 7) is 0.309. The summed E-state index contributed by atoms with van der Waals surface area (Å²) in [5.41, 5.74) is 2.01. The number of nitrogens with zero attached hydrogens (tertiary/aromatic N) is 2. The van der Waals surface area contributed by atoms with Gasteiger partial charge in [-0.1, -0.05) is 72.8 Å². The fourth-order valence-corrected chi connectivity index (χ4v) is 4.17. The number of benzene rings is 2. The first-order chi connectivity index (χ1) is 16.5. The van der Waals surface area contributed by atoms with Crippen molar-refractivity contribution in [3.8, 4) is 0 Å². The van der Waals surface area contributed by atoms with Crippen LogP contribution in [0.15, 0.2) is 72.8 Å². The topological polar surface area (TPSA) is 93.2 Å². The van der Waals surface area contributed by atoms with Gasteiger partial charge in [-0.3, -0.25) is 9.59 Å². The molecule has 2 unspecified atom stereocenters. The molecule has 4 rings (SSSR count). The third-order valence-corrected chi connectivity index (χ3v) is 5.84. The molecule has 2 atom stereocenters. The maximum atomic E-state index is 12.7. The van der Waals surface area contributed by atoms with Gasteiger partial charge in [0.05, 0.1) is 12.1 Å². The van der Waals surface area contributed by atoms with Crippen LogP contribution in [0.25, 0.3) is 0 Å². The standard InChI is InChI=1S/C26H26N2O6/c29-23(27-21(17-33-25(27)31)15-19-9-3-1-4-10-19)13-7-8-14-24(30)28-22(18-34-26(28)32)16-20-11-5-2-6-12-20/h1-12,21-22H,13-18H2. The Morgan fingerprint density at radius 3 is 1.47 bits per heavy atom. The zero-order valence-corrected chi connectivity index (χ0v) is 18.7. The highest BCUT2D eigenvalue weighted by Gasteiger charge is 2.38. The van der Waals surface area contributed by atoms with Gasteiger partial charge in [0, 0.05) is 12.8 Å². The highest BCUT2D eigenvalue weighted by atomic mass is 16.6. The Morgan fingerprint density at radius 2 is 1.09 bits per heavy atom. The minimum Gasteiger partial charge on any atom is -0.447 e. The summed E-state index contributed by atoms with van der Waals surface area (Å²) in [6, 6.07) is 18.4. The van der Waals surface area contributed by atoms with Crippen molar-refractivity contribution >= 4 is 24.0 Å². The molecule has 2 aromatic carbocycles. The van der Waals surface area contributed by atoms with E-state index in [0.29, 0.717) is 12.8 Å². The van der Waals surface area contributed by atoms with Crippen LogP contribution in [0.3, 0.4) is 0 Å². The number of cyclic esters (lactones) is 2. The summed E-state index contributed by atoms with van der Waals surface area (Å²) in [6.07, 6.45) is 2.70. The molecule has 2 aliphatic heterocycles. The quantitative estimate of drug-likeness (QED) is 0.558. The molecule has 4 amide bonds. The third kappa shape index (κ3) is 5.51. The predicted octanol–water partition coefficient (Wildman–Crippen LogP) is 3.50. The largest absolute Gasteiger partial charge is 0.447 e. The number of imide groups is 2. The minimum atomic E-state index is -0.654. The highest BCUT2D eigenvalue weighted by molar-refractivity contribution is 5.95. The zero-order chi connectivity index (χ0) is 23.9. The molecular weight excluding hydrogens is 436 g/mol. The van der Waals surface area contributed by atoms with E-state index in [9.17, 15) is 19.2 Å². The monoisotopic (exact) mass is 462 g/mol. The number of ether oxygens (including phenoxy) is 2. The van der Waals surface area contributed by atoms with E-state index < -0.39 is 24.0 Å². The Hall–Kier alpha value is -3.94. The molecular formula is C26H26N2O6. The zero-order valence-electron chi connectivity index (χ0n) is 18.7. The molecule has 2 aromatic rings. The van der Waals surface area contributed by atoms with Crippen LogP contribution in [0.4, 0.5) is 9.59 Å². The van der Waals surface area contributed by atoms with E-state index in [-0.39, 0.29) is 38.1 Å². The number of carbonyl (C=O) groups excluding carboxylic acids is 4. The van der Waals surface area contributed by atoms with E-state index in [2.05, 4.69) is 0 Å². The Bertz CT molecular complexity index is 984. The maximum absolute atomic E-state index is 12.7. The van der Waals surface area contributed by atoms with Gasteiger partial charge in [0.1, 0.15) is 13.2 Å². The van der Waals surface area contributed by atoms with Crippen LogP contribution in [0.1, 0.15) is 24.0 Å². The highest BCUT2D eigenvalue weighted by Crippen LogP contribution is 2.20. The molecule has 2 heterocycles. The van der Waals surface area contributed by atoms with Gasteiger partial charge >= 0.3 is 12.2 Å². The molecule has 34 heavy (non-hydrogen) atoms. The predicted molar refractivity (Wildman–Crippen MR) is 123 cm³/mol. The van der Waals surface area contributed by atoms with Crippen molar-refractivity contribution in [1.29, 1.82) is 0 Å². The Balaban J connectivity index is 1.30. The van der Waals surface area contributed by atoms with E-state index in [0.717, 1.165) is 20.9 Å². The number of rotatable bonds is 8. The number of amides is 4. The first-order valence-electron chi connectivity index (χ1n) is 11.2. The molecule has 8 heteroatoms. The average molecular weight is 463 g/mol. The van der Waals surface area contributed by atoms with Crippen LogP contribution in [-0.4, -0.2) is 59.1 Å². The lowest BCUT2D eigenvalue weighted by molar-refractivity contribution is -0.129. The fraction of sp³-hybridized carbons (Fsp3) is 0.308. The van der Waals surface area contributed by atoms with E-state index >= 15 is 0 Å². The van der Waals surface area contributed by atoms with Gasteiger partial charge in [0.2, 0.25) is 11.8 Å². The van der Waals surface area contributed by atoms with Crippen LogP contribution in [0, 0.1) is 0 Å². The summed E-state index contributed by atoms with van der Waals surface area (Å²) in [7, 11) is 0. The SMILES string of the molecule is O=C(CC=CCC(=O)N1C(=O)OCC1Cc1ccccc1)N1C(=O)OCC1Cc1ccccc1. The third-order valence-electron chi connectivity index (χ3n) is 5.84. The summed E-state index contributed by atoms with van der Waals surface area (Å²) in [5, 5.41) is 0. The number of hydrogen-bond donors (Lipinski definition) is 0. The second kappa shape index (κ2) is 10.8.